The predicted molar refractivity (Wildman–Crippen MR) is 68.0 cm³/mol. The molecule has 0 spiro atoms. The summed E-state index contributed by atoms with van der Waals surface area (Å²) in [6.45, 7) is 2.10. The molecule has 0 atom stereocenters. The van der Waals surface area contributed by atoms with Crippen molar-refractivity contribution in [2.75, 3.05) is 11.9 Å². The van der Waals surface area contributed by atoms with Crippen molar-refractivity contribution in [2.45, 2.75) is 13.0 Å². The van der Waals surface area contributed by atoms with E-state index in [9.17, 15) is 0 Å². The molecule has 0 radical (unpaired) electrons. The monoisotopic (exact) mass is 235 g/mol. The molecule has 3 rings (SSSR count). The van der Waals surface area contributed by atoms with E-state index < -0.39 is 0 Å². The Bertz CT molecular complexity index is 441. The number of nitrogens with zero attached hydrogens (tertiary/aromatic N) is 2. The van der Waals surface area contributed by atoms with Crippen LogP contribution in [0.5, 0.6) is 0 Å². The third-order valence-corrected chi connectivity index (χ3v) is 2.70. The zero-order chi connectivity index (χ0) is 10.1. The van der Waals surface area contributed by atoms with Crippen LogP contribution in [-0.4, -0.2) is 16.1 Å². The number of aryl methyl sites for hydroxylation is 1. The average Bonchev–Trinajstić information content (AvgIpc) is 2.74. The van der Waals surface area contributed by atoms with Crippen molar-refractivity contribution >= 4 is 18.4 Å². The quantitative estimate of drug-likeness (QED) is 0.824. The molecule has 0 fully saturated rings. The van der Waals surface area contributed by atoms with E-state index in [4.69, 9.17) is 0 Å². The van der Waals surface area contributed by atoms with E-state index in [0.717, 1.165) is 24.7 Å². The topological polar surface area (TPSA) is 29.9 Å². The molecule has 2 heterocycles. The Labute approximate surface area is 101 Å². The summed E-state index contributed by atoms with van der Waals surface area (Å²) in [5, 5.41) is 3.30. The van der Waals surface area contributed by atoms with Gasteiger partial charge in [0.15, 0.2) is 0 Å². The minimum atomic E-state index is 0. The van der Waals surface area contributed by atoms with Gasteiger partial charge < -0.3 is 9.88 Å². The molecule has 2 aromatic rings. The lowest BCUT2D eigenvalue weighted by Crippen LogP contribution is -2.16. The van der Waals surface area contributed by atoms with Crippen molar-refractivity contribution in [3.63, 3.8) is 0 Å². The van der Waals surface area contributed by atoms with Crippen molar-refractivity contribution in [1.29, 1.82) is 0 Å². The Balaban J connectivity index is 0.000000963. The number of rotatable bonds is 1. The van der Waals surface area contributed by atoms with E-state index in [2.05, 4.69) is 33.2 Å². The van der Waals surface area contributed by atoms with Gasteiger partial charge >= 0.3 is 0 Å². The highest BCUT2D eigenvalue weighted by molar-refractivity contribution is 5.85. The molecule has 1 N–H and O–H groups in total. The average molecular weight is 236 g/mol. The Morgan fingerprint density at radius 1 is 1.19 bits per heavy atom. The lowest BCUT2D eigenvalue weighted by molar-refractivity contribution is 0.627. The fourth-order valence-corrected chi connectivity index (χ4v) is 1.93. The largest absolute Gasteiger partial charge is 0.356 e. The molecule has 84 valence electrons. The van der Waals surface area contributed by atoms with Crippen LogP contribution < -0.4 is 5.32 Å². The van der Waals surface area contributed by atoms with E-state index in [-0.39, 0.29) is 12.4 Å². The van der Waals surface area contributed by atoms with Crippen molar-refractivity contribution in [2.24, 2.45) is 0 Å². The number of imidazole rings is 1. The number of benzene rings is 1. The molecule has 0 bridgehead atoms. The van der Waals surface area contributed by atoms with Gasteiger partial charge in [0.05, 0.1) is 5.69 Å². The van der Waals surface area contributed by atoms with E-state index in [1.165, 1.54) is 12.0 Å². The molecular weight excluding hydrogens is 222 g/mol. The molecule has 1 aliphatic rings. The maximum Gasteiger partial charge on any atom is 0.203 e. The Hall–Kier alpha value is -1.48. The van der Waals surface area contributed by atoms with Gasteiger partial charge in [-0.3, -0.25) is 0 Å². The Morgan fingerprint density at radius 2 is 2.00 bits per heavy atom. The maximum absolute atomic E-state index is 4.57. The van der Waals surface area contributed by atoms with E-state index in [1.807, 2.05) is 18.2 Å². The molecule has 3 nitrogen and oxygen atoms in total. The first-order chi connectivity index (χ1) is 7.43. The van der Waals surface area contributed by atoms with E-state index in [1.54, 1.807) is 0 Å². The second kappa shape index (κ2) is 4.58. The highest BCUT2D eigenvalue weighted by Crippen LogP contribution is 2.22. The highest BCUT2D eigenvalue weighted by Gasteiger charge is 2.11. The van der Waals surface area contributed by atoms with Gasteiger partial charge in [-0.25, -0.2) is 4.98 Å². The minimum Gasteiger partial charge on any atom is -0.356 e. The zero-order valence-corrected chi connectivity index (χ0v) is 9.70. The van der Waals surface area contributed by atoms with Crippen molar-refractivity contribution < 1.29 is 0 Å². The molecule has 0 saturated carbocycles. The highest BCUT2D eigenvalue weighted by atomic mass is 35.5. The first-order valence-electron chi connectivity index (χ1n) is 5.30. The van der Waals surface area contributed by atoms with Gasteiger partial charge in [0.2, 0.25) is 5.95 Å². The number of hydrogen-bond donors (Lipinski definition) is 1. The lowest BCUT2D eigenvalue weighted by Gasteiger charge is -2.14. The van der Waals surface area contributed by atoms with Crippen LogP contribution in [-0.2, 0) is 6.54 Å². The molecular formula is C12H14ClN3. The number of halogens is 1. The van der Waals surface area contributed by atoms with Crippen molar-refractivity contribution in [3.05, 3.63) is 36.5 Å². The molecule has 0 amide bonds. The molecule has 0 saturated heterocycles. The Kier molecular flexibility index (Phi) is 3.15. The molecule has 4 heteroatoms. The smallest absolute Gasteiger partial charge is 0.203 e. The SMILES string of the molecule is Cl.c1ccc(-c2cn3c(n2)NCCC3)cc1. The second-order valence-electron chi connectivity index (χ2n) is 3.79. The van der Waals surface area contributed by atoms with Crippen molar-refractivity contribution in [1.82, 2.24) is 9.55 Å². The number of aromatic nitrogens is 2. The molecule has 0 unspecified atom stereocenters. The van der Waals surface area contributed by atoms with Crippen LogP contribution in [0.2, 0.25) is 0 Å². The second-order valence-corrected chi connectivity index (χ2v) is 3.79. The van der Waals surface area contributed by atoms with Gasteiger partial charge in [0, 0.05) is 24.8 Å². The van der Waals surface area contributed by atoms with Crippen LogP contribution >= 0.6 is 12.4 Å². The lowest BCUT2D eigenvalue weighted by atomic mass is 10.2. The first kappa shape index (κ1) is 11.0. The van der Waals surface area contributed by atoms with E-state index in [0.29, 0.717) is 0 Å². The third-order valence-electron chi connectivity index (χ3n) is 2.70. The first-order valence-corrected chi connectivity index (χ1v) is 5.30. The summed E-state index contributed by atoms with van der Waals surface area (Å²) in [5.74, 6) is 1.00. The normalized spacial score (nSPS) is 13.5. The third kappa shape index (κ3) is 1.91. The standard InChI is InChI=1S/C12H13N3.ClH/c1-2-5-10(6-3-1)11-9-15-8-4-7-13-12(15)14-11;/h1-3,5-6,9H,4,7-8H2,(H,13,14);1H. The predicted octanol–water partition coefficient (Wildman–Crippen LogP) is 2.79. The van der Waals surface area contributed by atoms with Crippen LogP contribution in [0.25, 0.3) is 11.3 Å². The summed E-state index contributed by atoms with van der Waals surface area (Å²) in [6, 6.07) is 10.3. The van der Waals surface area contributed by atoms with Crippen molar-refractivity contribution in [3.8, 4) is 11.3 Å². The summed E-state index contributed by atoms with van der Waals surface area (Å²) < 4.78 is 2.19. The minimum absolute atomic E-state index is 0. The van der Waals surface area contributed by atoms with Crippen LogP contribution in [0.15, 0.2) is 36.5 Å². The molecule has 1 aliphatic heterocycles. The summed E-state index contributed by atoms with van der Waals surface area (Å²) in [4.78, 5) is 4.57. The maximum atomic E-state index is 4.57. The summed E-state index contributed by atoms with van der Waals surface area (Å²) in [6.07, 6.45) is 3.30. The van der Waals surface area contributed by atoms with Gasteiger partial charge in [-0.1, -0.05) is 30.3 Å². The van der Waals surface area contributed by atoms with E-state index >= 15 is 0 Å². The van der Waals surface area contributed by atoms with Crippen LogP contribution in [0.4, 0.5) is 5.95 Å². The number of anilines is 1. The van der Waals surface area contributed by atoms with Gasteiger partial charge in [-0.2, -0.15) is 0 Å². The number of nitrogens with one attached hydrogen (secondary N) is 1. The number of fused-ring (bicyclic) bond motifs is 1. The fraction of sp³-hybridized carbons (Fsp3) is 0.250. The fourth-order valence-electron chi connectivity index (χ4n) is 1.93. The zero-order valence-electron chi connectivity index (χ0n) is 8.89. The summed E-state index contributed by atoms with van der Waals surface area (Å²) in [5.41, 5.74) is 2.24. The van der Waals surface area contributed by atoms with Crippen LogP contribution in [0.1, 0.15) is 6.42 Å². The number of hydrogen-bond acceptors (Lipinski definition) is 2. The van der Waals surface area contributed by atoms with Gasteiger partial charge in [0.25, 0.3) is 0 Å². The molecule has 1 aromatic heterocycles. The van der Waals surface area contributed by atoms with Crippen LogP contribution in [0, 0.1) is 0 Å². The Morgan fingerprint density at radius 3 is 2.75 bits per heavy atom. The van der Waals surface area contributed by atoms with Crippen LogP contribution in [0.3, 0.4) is 0 Å². The summed E-state index contributed by atoms with van der Waals surface area (Å²) in [7, 11) is 0. The molecule has 1 aromatic carbocycles. The van der Waals surface area contributed by atoms with Gasteiger partial charge in [-0.05, 0) is 6.42 Å². The molecule has 16 heavy (non-hydrogen) atoms. The summed E-state index contributed by atoms with van der Waals surface area (Å²) >= 11 is 0. The van der Waals surface area contributed by atoms with Gasteiger partial charge in [-0.15, -0.1) is 12.4 Å². The molecule has 0 aliphatic carbocycles. The van der Waals surface area contributed by atoms with Gasteiger partial charge in [0.1, 0.15) is 0 Å².